The van der Waals surface area contributed by atoms with Gasteiger partial charge in [-0.1, -0.05) is 12.8 Å². The Bertz CT molecular complexity index is 268. The summed E-state index contributed by atoms with van der Waals surface area (Å²) in [5.74, 6) is 1.11. The first-order valence-electron chi connectivity index (χ1n) is 5.90. The maximum atomic E-state index is 10.9. The smallest absolute Gasteiger partial charge is 0.147 e. The minimum absolute atomic E-state index is 0.303. The lowest BCUT2D eigenvalue weighted by Gasteiger charge is -2.20. The number of rotatable bonds is 6. The maximum Gasteiger partial charge on any atom is 0.147 e. The summed E-state index contributed by atoms with van der Waals surface area (Å²) in [5.41, 5.74) is 0. The summed E-state index contributed by atoms with van der Waals surface area (Å²) in [7, 11) is -2.78. The summed E-state index contributed by atoms with van der Waals surface area (Å²) in [6, 6.07) is 0.548. The monoisotopic (exact) mass is 233 g/mol. The Kier molecular flexibility index (Phi) is 5.06. The van der Waals surface area contributed by atoms with E-state index in [0.717, 1.165) is 18.9 Å². The lowest BCUT2D eigenvalue weighted by Crippen LogP contribution is -2.33. The molecule has 1 saturated carbocycles. The van der Waals surface area contributed by atoms with Gasteiger partial charge < -0.3 is 5.32 Å². The maximum absolute atomic E-state index is 10.9. The quantitative estimate of drug-likeness (QED) is 0.709. The molecular formula is C11H23NO2S. The number of nitrogens with one attached hydrogen (secondary N) is 1. The Morgan fingerprint density at radius 3 is 2.47 bits per heavy atom. The highest BCUT2D eigenvalue weighted by atomic mass is 32.2. The van der Waals surface area contributed by atoms with Crippen LogP contribution in [0.4, 0.5) is 0 Å². The molecule has 0 unspecified atom stereocenters. The van der Waals surface area contributed by atoms with Crippen LogP contribution in [0.5, 0.6) is 0 Å². The average Bonchev–Trinajstić information content (AvgIpc) is 2.63. The molecule has 1 N–H and O–H groups in total. The van der Waals surface area contributed by atoms with E-state index in [9.17, 15) is 8.42 Å². The highest BCUT2D eigenvalue weighted by Gasteiger charge is 2.20. The van der Waals surface area contributed by atoms with Crippen LogP contribution in [0.1, 0.15) is 39.0 Å². The van der Waals surface area contributed by atoms with Gasteiger partial charge in [0.1, 0.15) is 9.84 Å². The van der Waals surface area contributed by atoms with E-state index in [1.807, 2.05) is 0 Å². The molecule has 1 aliphatic carbocycles. The molecule has 1 aliphatic rings. The van der Waals surface area contributed by atoms with Crippen LogP contribution in [0.25, 0.3) is 0 Å². The van der Waals surface area contributed by atoms with Gasteiger partial charge in [-0.3, -0.25) is 0 Å². The largest absolute Gasteiger partial charge is 0.314 e. The molecule has 90 valence electrons. The van der Waals surface area contributed by atoms with Crippen molar-refractivity contribution < 1.29 is 8.42 Å². The number of sulfone groups is 1. The van der Waals surface area contributed by atoms with E-state index in [2.05, 4.69) is 12.2 Å². The molecular weight excluding hydrogens is 210 g/mol. The lowest BCUT2D eigenvalue weighted by atomic mass is 10.00. The van der Waals surface area contributed by atoms with E-state index in [0.29, 0.717) is 11.8 Å². The Morgan fingerprint density at radius 2 is 1.93 bits per heavy atom. The molecule has 0 radical (unpaired) electrons. The summed E-state index contributed by atoms with van der Waals surface area (Å²) in [6.07, 6.45) is 7.42. The van der Waals surface area contributed by atoms with E-state index in [-0.39, 0.29) is 0 Å². The van der Waals surface area contributed by atoms with Crippen LogP contribution in [0.15, 0.2) is 0 Å². The molecule has 0 aliphatic heterocycles. The molecule has 0 bridgehead atoms. The molecule has 1 fully saturated rings. The predicted molar refractivity (Wildman–Crippen MR) is 63.8 cm³/mol. The van der Waals surface area contributed by atoms with Crippen molar-refractivity contribution >= 4 is 9.84 Å². The molecule has 0 amide bonds. The summed E-state index contributed by atoms with van der Waals surface area (Å²) in [4.78, 5) is 0. The molecule has 1 rings (SSSR count). The molecule has 0 aromatic rings. The van der Waals surface area contributed by atoms with Gasteiger partial charge in [-0.05, 0) is 38.6 Å². The molecule has 15 heavy (non-hydrogen) atoms. The van der Waals surface area contributed by atoms with Gasteiger partial charge in [0.05, 0.1) is 5.75 Å². The average molecular weight is 233 g/mol. The fourth-order valence-electron chi connectivity index (χ4n) is 2.29. The summed E-state index contributed by atoms with van der Waals surface area (Å²) < 4.78 is 21.8. The van der Waals surface area contributed by atoms with Crippen LogP contribution >= 0.6 is 0 Å². The van der Waals surface area contributed by atoms with E-state index >= 15 is 0 Å². The zero-order chi connectivity index (χ0) is 11.3. The molecule has 4 heteroatoms. The first kappa shape index (κ1) is 13.0. The molecule has 0 heterocycles. The molecule has 0 aromatic carbocycles. The second kappa shape index (κ2) is 5.85. The Labute approximate surface area is 93.6 Å². The van der Waals surface area contributed by atoms with Crippen LogP contribution in [-0.4, -0.2) is 33.0 Å². The molecule has 1 atom stereocenters. The normalized spacial score (nSPS) is 20.7. The van der Waals surface area contributed by atoms with Gasteiger partial charge in [0.15, 0.2) is 0 Å². The predicted octanol–water partition coefficient (Wildman–Crippen LogP) is 1.59. The first-order chi connectivity index (χ1) is 6.99. The van der Waals surface area contributed by atoms with Gasteiger partial charge in [0.2, 0.25) is 0 Å². The van der Waals surface area contributed by atoms with Gasteiger partial charge in [0, 0.05) is 12.3 Å². The second-order valence-corrected chi connectivity index (χ2v) is 7.03. The van der Waals surface area contributed by atoms with Crippen molar-refractivity contribution in [2.75, 3.05) is 18.6 Å². The molecule has 0 spiro atoms. The SMILES string of the molecule is C[C@H](NCCCS(C)(=O)=O)C1CCCC1. The summed E-state index contributed by atoms with van der Waals surface area (Å²) in [5, 5.41) is 3.43. The second-order valence-electron chi connectivity index (χ2n) is 4.77. The third-order valence-corrected chi connectivity index (χ3v) is 4.30. The molecule has 0 aromatic heterocycles. The van der Waals surface area contributed by atoms with Crippen LogP contribution in [0.2, 0.25) is 0 Å². The summed E-state index contributed by atoms with van der Waals surface area (Å²) >= 11 is 0. The van der Waals surface area contributed by atoms with Gasteiger partial charge >= 0.3 is 0 Å². The van der Waals surface area contributed by atoms with Crippen molar-refractivity contribution in [3.8, 4) is 0 Å². The van der Waals surface area contributed by atoms with Gasteiger partial charge in [-0.2, -0.15) is 0 Å². The number of hydrogen-bond acceptors (Lipinski definition) is 3. The molecule has 3 nitrogen and oxygen atoms in total. The lowest BCUT2D eigenvalue weighted by molar-refractivity contribution is 0.382. The Balaban J connectivity index is 2.09. The zero-order valence-corrected chi connectivity index (χ0v) is 10.6. The Morgan fingerprint density at radius 1 is 1.33 bits per heavy atom. The third-order valence-electron chi connectivity index (χ3n) is 3.27. The molecule has 0 saturated heterocycles. The van der Waals surface area contributed by atoms with Crippen molar-refractivity contribution in [1.82, 2.24) is 5.32 Å². The topological polar surface area (TPSA) is 46.2 Å². The van der Waals surface area contributed by atoms with Gasteiger partial charge in [-0.15, -0.1) is 0 Å². The van der Waals surface area contributed by atoms with E-state index in [4.69, 9.17) is 0 Å². The van der Waals surface area contributed by atoms with Crippen LogP contribution < -0.4 is 5.32 Å². The number of hydrogen-bond donors (Lipinski definition) is 1. The van der Waals surface area contributed by atoms with E-state index in [1.165, 1.54) is 31.9 Å². The van der Waals surface area contributed by atoms with Crippen LogP contribution in [0, 0.1) is 5.92 Å². The minimum atomic E-state index is -2.78. The van der Waals surface area contributed by atoms with Gasteiger partial charge in [0.25, 0.3) is 0 Å². The zero-order valence-electron chi connectivity index (χ0n) is 9.83. The van der Waals surface area contributed by atoms with E-state index < -0.39 is 9.84 Å². The fraction of sp³-hybridized carbons (Fsp3) is 1.00. The third kappa shape index (κ3) is 5.52. The van der Waals surface area contributed by atoms with Crippen LogP contribution in [0.3, 0.4) is 0 Å². The highest BCUT2D eigenvalue weighted by Crippen LogP contribution is 2.27. The van der Waals surface area contributed by atoms with Crippen molar-refractivity contribution in [2.45, 2.75) is 45.1 Å². The van der Waals surface area contributed by atoms with E-state index in [1.54, 1.807) is 0 Å². The summed E-state index contributed by atoms with van der Waals surface area (Å²) in [6.45, 7) is 3.04. The Hall–Kier alpha value is -0.0900. The fourth-order valence-corrected chi connectivity index (χ4v) is 2.96. The van der Waals surface area contributed by atoms with Crippen molar-refractivity contribution in [3.63, 3.8) is 0 Å². The standard InChI is InChI=1S/C11H23NO2S/c1-10(11-6-3-4-7-11)12-8-5-9-15(2,13)14/h10-12H,3-9H2,1-2H3/t10-/m0/s1. The van der Waals surface area contributed by atoms with Gasteiger partial charge in [-0.25, -0.2) is 8.42 Å². The first-order valence-corrected chi connectivity index (χ1v) is 7.96. The van der Waals surface area contributed by atoms with Crippen molar-refractivity contribution in [3.05, 3.63) is 0 Å². The van der Waals surface area contributed by atoms with Crippen molar-refractivity contribution in [1.29, 1.82) is 0 Å². The van der Waals surface area contributed by atoms with Crippen LogP contribution in [-0.2, 0) is 9.84 Å². The minimum Gasteiger partial charge on any atom is -0.314 e. The highest BCUT2D eigenvalue weighted by molar-refractivity contribution is 7.90. The van der Waals surface area contributed by atoms with Crippen molar-refractivity contribution in [2.24, 2.45) is 5.92 Å².